The van der Waals surface area contributed by atoms with Crippen LogP contribution in [0.25, 0.3) is 0 Å². The van der Waals surface area contributed by atoms with Gasteiger partial charge in [-0.05, 0) is 43.4 Å². The van der Waals surface area contributed by atoms with Gasteiger partial charge in [-0.15, -0.1) is 0 Å². The van der Waals surface area contributed by atoms with E-state index in [0.29, 0.717) is 6.42 Å². The lowest BCUT2D eigenvalue weighted by molar-refractivity contribution is -0.135. The molecule has 0 aromatic heterocycles. The van der Waals surface area contributed by atoms with E-state index in [1.807, 2.05) is 30.3 Å². The third-order valence-electron chi connectivity index (χ3n) is 5.55. The summed E-state index contributed by atoms with van der Waals surface area (Å²) in [5.41, 5.74) is 1.88. The highest BCUT2D eigenvalue weighted by Crippen LogP contribution is 2.56. The van der Waals surface area contributed by atoms with Crippen LogP contribution in [0, 0.1) is 5.41 Å². The Kier molecular flexibility index (Phi) is 5.79. The molecule has 4 atom stereocenters. The molecular weight excluding hydrogens is 320 g/mol. The number of fused-ring (bicyclic) bond motifs is 1. The van der Waals surface area contributed by atoms with Crippen molar-refractivity contribution in [3.63, 3.8) is 0 Å². The summed E-state index contributed by atoms with van der Waals surface area (Å²) >= 11 is 0. The molecule has 2 N–H and O–H groups in total. The van der Waals surface area contributed by atoms with Crippen molar-refractivity contribution >= 4 is 0 Å². The van der Waals surface area contributed by atoms with E-state index in [2.05, 4.69) is 0 Å². The van der Waals surface area contributed by atoms with Crippen LogP contribution in [0.4, 0.5) is 0 Å². The van der Waals surface area contributed by atoms with E-state index in [0.717, 1.165) is 37.0 Å². The number of aliphatic hydroxyl groups excluding tert-OH is 2. The smallest absolute Gasteiger partial charge is 0.147 e. The molecule has 2 aliphatic rings. The molecule has 5 nitrogen and oxygen atoms in total. The second-order valence-corrected chi connectivity index (χ2v) is 7.05. The molecule has 1 aromatic carbocycles. The van der Waals surface area contributed by atoms with Crippen LogP contribution in [0.2, 0.25) is 0 Å². The summed E-state index contributed by atoms with van der Waals surface area (Å²) in [5.74, 6) is 0.776. The molecule has 0 bridgehead atoms. The number of ether oxygens (including phenoxy) is 3. The molecule has 0 saturated heterocycles. The van der Waals surface area contributed by atoms with Crippen LogP contribution in [0.1, 0.15) is 43.8 Å². The van der Waals surface area contributed by atoms with Crippen molar-refractivity contribution < 1.29 is 24.4 Å². The van der Waals surface area contributed by atoms with E-state index in [9.17, 15) is 10.2 Å². The van der Waals surface area contributed by atoms with Gasteiger partial charge in [-0.25, -0.2) is 0 Å². The minimum atomic E-state index is -0.797. The van der Waals surface area contributed by atoms with Crippen LogP contribution in [0.3, 0.4) is 0 Å². The van der Waals surface area contributed by atoms with Gasteiger partial charge in [0.15, 0.2) is 0 Å². The lowest BCUT2D eigenvalue weighted by Gasteiger charge is -2.49. The van der Waals surface area contributed by atoms with Gasteiger partial charge < -0.3 is 24.4 Å². The third-order valence-corrected chi connectivity index (χ3v) is 5.55. The predicted molar refractivity (Wildman–Crippen MR) is 94.3 cm³/mol. The summed E-state index contributed by atoms with van der Waals surface area (Å²) in [6.07, 6.45) is 4.55. The van der Waals surface area contributed by atoms with Gasteiger partial charge in [-0.1, -0.05) is 30.2 Å². The zero-order chi connectivity index (χ0) is 17.9. The molecule has 0 amide bonds. The molecule has 1 saturated carbocycles. The van der Waals surface area contributed by atoms with Crippen molar-refractivity contribution in [3.05, 3.63) is 41.5 Å². The van der Waals surface area contributed by atoms with Crippen LogP contribution in [-0.2, 0) is 9.47 Å². The summed E-state index contributed by atoms with van der Waals surface area (Å²) in [4.78, 5) is 0. The van der Waals surface area contributed by atoms with Crippen LogP contribution in [0.5, 0.6) is 5.75 Å². The van der Waals surface area contributed by atoms with Gasteiger partial charge in [0.05, 0.1) is 25.4 Å². The Morgan fingerprint density at radius 3 is 2.84 bits per heavy atom. The van der Waals surface area contributed by atoms with Crippen molar-refractivity contribution in [1.82, 2.24) is 0 Å². The molecule has 2 aliphatic carbocycles. The lowest BCUT2D eigenvalue weighted by atomic mass is 9.59. The van der Waals surface area contributed by atoms with Crippen molar-refractivity contribution in [1.29, 1.82) is 0 Å². The maximum atomic E-state index is 10.4. The maximum Gasteiger partial charge on any atom is 0.147 e. The Balaban J connectivity index is 2.04. The minimum absolute atomic E-state index is 0.176. The van der Waals surface area contributed by atoms with E-state index in [-0.39, 0.29) is 18.3 Å². The fourth-order valence-electron chi connectivity index (χ4n) is 4.38. The first-order valence-electron chi connectivity index (χ1n) is 8.92. The summed E-state index contributed by atoms with van der Waals surface area (Å²) in [7, 11) is 3.26. The molecule has 0 aliphatic heterocycles. The maximum absolute atomic E-state index is 10.4. The molecule has 2 unspecified atom stereocenters. The summed E-state index contributed by atoms with van der Waals surface area (Å²) < 4.78 is 16.7. The van der Waals surface area contributed by atoms with Gasteiger partial charge in [-0.3, -0.25) is 0 Å². The minimum Gasteiger partial charge on any atom is -0.497 e. The molecule has 25 heavy (non-hydrogen) atoms. The zero-order valence-electron chi connectivity index (χ0n) is 15.0. The number of benzene rings is 1. The largest absolute Gasteiger partial charge is 0.497 e. The van der Waals surface area contributed by atoms with Gasteiger partial charge in [0.1, 0.15) is 12.5 Å². The highest BCUT2D eigenvalue weighted by atomic mass is 16.7. The zero-order valence-corrected chi connectivity index (χ0v) is 15.0. The van der Waals surface area contributed by atoms with E-state index in [1.165, 1.54) is 5.57 Å². The average Bonchev–Trinajstić information content (AvgIpc) is 2.63. The highest BCUT2D eigenvalue weighted by Gasteiger charge is 2.49. The van der Waals surface area contributed by atoms with Gasteiger partial charge in [-0.2, -0.15) is 0 Å². The van der Waals surface area contributed by atoms with Gasteiger partial charge >= 0.3 is 0 Å². The predicted octanol–water partition coefficient (Wildman–Crippen LogP) is 2.97. The Bertz CT molecular complexity index is 614. The van der Waals surface area contributed by atoms with E-state index in [1.54, 1.807) is 14.2 Å². The number of methoxy groups -OCH3 is 2. The summed E-state index contributed by atoms with van der Waals surface area (Å²) in [5, 5.41) is 20.5. The number of hydrogen-bond acceptors (Lipinski definition) is 5. The SMILES string of the molecule is COCO[C@H](c1cccc(OC)c1)[C@@]12CCCCC1=CC(O)C(O)C2. The Morgan fingerprint density at radius 1 is 1.24 bits per heavy atom. The lowest BCUT2D eigenvalue weighted by Crippen LogP contribution is -2.45. The van der Waals surface area contributed by atoms with Crippen molar-refractivity contribution in [2.45, 2.75) is 50.4 Å². The highest BCUT2D eigenvalue weighted by molar-refractivity contribution is 5.35. The van der Waals surface area contributed by atoms with Gasteiger partial charge in [0.25, 0.3) is 0 Å². The molecule has 0 spiro atoms. The van der Waals surface area contributed by atoms with Crippen LogP contribution < -0.4 is 4.74 Å². The van der Waals surface area contributed by atoms with E-state index in [4.69, 9.17) is 14.2 Å². The third kappa shape index (κ3) is 3.60. The van der Waals surface area contributed by atoms with Crippen LogP contribution in [0.15, 0.2) is 35.9 Å². The standard InChI is InChI=1S/C20H28O5/c1-23-13-25-19(14-6-5-8-16(10-14)24-2)20-9-4-3-7-15(20)11-17(21)18(22)12-20/h5-6,8,10-11,17-19,21-22H,3-4,7,9,12-13H2,1-2H3/t17?,18?,19-,20-/m1/s1. The molecular formula is C20H28O5. The Hall–Kier alpha value is -1.40. The molecule has 3 rings (SSSR count). The molecule has 0 radical (unpaired) electrons. The van der Waals surface area contributed by atoms with E-state index < -0.39 is 12.2 Å². The second kappa shape index (κ2) is 7.87. The molecule has 1 aromatic rings. The normalized spacial score (nSPS) is 30.3. The molecule has 1 fully saturated rings. The first kappa shape index (κ1) is 18.4. The Labute approximate surface area is 149 Å². The van der Waals surface area contributed by atoms with Gasteiger partial charge in [0, 0.05) is 12.5 Å². The number of hydrogen-bond donors (Lipinski definition) is 2. The van der Waals surface area contributed by atoms with E-state index >= 15 is 0 Å². The van der Waals surface area contributed by atoms with Crippen molar-refractivity contribution in [3.8, 4) is 5.75 Å². The Morgan fingerprint density at radius 2 is 2.08 bits per heavy atom. The van der Waals surface area contributed by atoms with Crippen molar-refractivity contribution in [2.75, 3.05) is 21.0 Å². The molecule has 138 valence electrons. The van der Waals surface area contributed by atoms with Crippen LogP contribution >= 0.6 is 0 Å². The quantitative estimate of drug-likeness (QED) is 0.611. The first-order valence-corrected chi connectivity index (χ1v) is 8.92. The molecule has 5 heteroatoms. The van der Waals surface area contributed by atoms with Gasteiger partial charge in [0.2, 0.25) is 0 Å². The topological polar surface area (TPSA) is 68.2 Å². The first-order chi connectivity index (χ1) is 12.1. The number of rotatable bonds is 6. The fraction of sp³-hybridized carbons (Fsp3) is 0.600. The van der Waals surface area contributed by atoms with Crippen molar-refractivity contribution in [2.24, 2.45) is 5.41 Å². The average molecular weight is 348 g/mol. The molecule has 0 heterocycles. The second-order valence-electron chi connectivity index (χ2n) is 7.05. The number of aliphatic hydroxyl groups is 2. The fourth-order valence-corrected chi connectivity index (χ4v) is 4.38. The monoisotopic (exact) mass is 348 g/mol. The summed E-state index contributed by atoms with van der Waals surface area (Å²) in [6.45, 7) is 0.176. The summed E-state index contributed by atoms with van der Waals surface area (Å²) in [6, 6.07) is 7.87. The van der Waals surface area contributed by atoms with Crippen LogP contribution in [-0.4, -0.2) is 43.4 Å².